The number of aromatic nitrogens is 1. The van der Waals surface area contributed by atoms with Crippen LogP contribution in [0.1, 0.15) is 22.3 Å². The van der Waals surface area contributed by atoms with Gasteiger partial charge in [-0.1, -0.05) is 18.2 Å². The van der Waals surface area contributed by atoms with E-state index in [1.165, 1.54) is 29.5 Å². The zero-order valence-corrected chi connectivity index (χ0v) is 14.4. The highest BCUT2D eigenvalue weighted by Crippen LogP contribution is 2.30. The summed E-state index contributed by atoms with van der Waals surface area (Å²) in [6.07, 6.45) is 1.16. The van der Waals surface area contributed by atoms with E-state index in [9.17, 15) is 14.0 Å². The first kappa shape index (κ1) is 16.4. The molecule has 0 radical (unpaired) electrons. The first-order chi connectivity index (χ1) is 12.6. The third-order valence-electron chi connectivity index (χ3n) is 4.14. The van der Waals surface area contributed by atoms with Gasteiger partial charge in [-0.15, -0.1) is 11.3 Å². The highest BCUT2D eigenvalue weighted by Gasteiger charge is 2.17. The van der Waals surface area contributed by atoms with Crippen LogP contribution in [0, 0.1) is 5.82 Å². The van der Waals surface area contributed by atoms with E-state index in [4.69, 9.17) is 0 Å². The average Bonchev–Trinajstić information content (AvgIpc) is 3.10. The van der Waals surface area contributed by atoms with Crippen molar-refractivity contribution < 1.29 is 14.0 Å². The van der Waals surface area contributed by atoms with Gasteiger partial charge in [-0.3, -0.25) is 14.9 Å². The predicted octanol–water partition coefficient (Wildman–Crippen LogP) is 4.09. The molecular formula is C19H14FN3O2S. The Hall–Kier alpha value is -3.06. The molecule has 1 aliphatic rings. The third kappa shape index (κ3) is 3.21. The van der Waals surface area contributed by atoms with Crippen molar-refractivity contribution in [2.24, 2.45) is 0 Å². The van der Waals surface area contributed by atoms with Gasteiger partial charge in [-0.05, 0) is 36.2 Å². The summed E-state index contributed by atoms with van der Waals surface area (Å²) in [5, 5.41) is 7.71. The summed E-state index contributed by atoms with van der Waals surface area (Å²) >= 11 is 1.28. The van der Waals surface area contributed by atoms with Gasteiger partial charge in [-0.2, -0.15) is 0 Å². The van der Waals surface area contributed by atoms with Crippen LogP contribution < -0.4 is 10.6 Å². The van der Waals surface area contributed by atoms with Crippen molar-refractivity contribution in [2.75, 3.05) is 10.6 Å². The van der Waals surface area contributed by atoms with Gasteiger partial charge in [0.25, 0.3) is 5.91 Å². The zero-order chi connectivity index (χ0) is 18.1. The number of carbonyl (C=O) groups is 2. The van der Waals surface area contributed by atoms with E-state index >= 15 is 0 Å². The fraction of sp³-hybridized carbons (Fsp3) is 0.105. The molecule has 2 heterocycles. The van der Waals surface area contributed by atoms with E-state index in [-0.39, 0.29) is 11.5 Å². The number of thiazole rings is 1. The second-order valence-corrected chi connectivity index (χ2v) is 6.75. The van der Waals surface area contributed by atoms with E-state index in [1.54, 1.807) is 6.07 Å². The van der Waals surface area contributed by atoms with Crippen LogP contribution in [0.3, 0.4) is 0 Å². The number of rotatable bonds is 3. The molecule has 2 amide bonds. The Kier molecular flexibility index (Phi) is 4.22. The van der Waals surface area contributed by atoms with Crippen molar-refractivity contribution >= 4 is 34.0 Å². The number of benzene rings is 2. The first-order valence-corrected chi connectivity index (χ1v) is 8.93. The van der Waals surface area contributed by atoms with Crippen molar-refractivity contribution in [3.63, 3.8) is 0 Å². The van der Waals surface area contributed by atoms with Crippen molar-refractivity contribution in [1.82, 2.24) is 4.98 Å². The second-order valence-electron chi connectivity index (χ2n) is 5.89. The molecule has 2 aromatic carbocycles. The standard InChI is InChI=1S/C19H14FN3O2S/c20-14-4-2-1-3-13(14)18(25)23-19-22-16(10-26-19)12-5-7-15-11(9-12)6-8-17(24)21-15/h1-5,7,9-10H,6,8H2,(H,21,24)(H,22,23,25). The van der Waals surface area contributed by atoms with Crippen LogP contribution in [0.25, 0.3) is 11.3 Å². The molecule has 0 aliphatic carbocycles. The molecule has 4 rings (SSSR count). The maximum absolute atomic E-state index is 13.7. The monoisotopic (exact) mass is 367 g/mol. The number of anilines is 2. The van der Waals surface area contributed by atoms with E-state index in [1.807, 2.05) is 23.6 Å². The number of hydrogen-bond donors (Lipinski definition) is 2. The number of carbonyl (C=O) groups excluding carboxylic acids is 2. The summed E-state index contributed by atoms with van der Waals surface area (Å²) in [5.41, 5.74) is 3.50. The average molecular weight is 367 g/mol. The molecule has 2 N–H and O–H groups in total. The molecule has 0 saturated heterocycles. The Morgan fingerprint density at radius 1 is 1.19 bits per heavy atom. The molecule has 0 bridgehead atoms. The van der Waals surface area contributed by atoms with Crippen LogP contribution in [-0.4, -0.2) is 16.8 Å². The van der Waals surface area contributed by atoms with Crippen LogP contribution >= 0.6 is 11.3 Å². The van der Waals surface area contributed by atoms with Gasteiger partial charge in [0, 0.05) is 23.1 Å². The zero-order valence-electron chi connectivity index (χ0n) is 13.6. The highest BCUT2D eigenvalue weighted by molar-refractivity contribution is 7.14. The Balaban J connectivity index is 1.54. The number of amides is 2. The van der Waals surface area contributed by atoms with Crippen LogP contribution in [0.5, 0.6) is 0 Å². The van der Waals surface area contributed by atoms with Gasteiger partial charge in [0.05, 0.1) is 11.3 Å². The van der Waals surface area contributed by atoms with Gasteiger partial charge in [0.1, 0.15) is 5.82 Å². The minimum atomic E-state index is -0.571. The van der Waals surface area contributed by atoms with Crippen LogP contribution in [0.4, 0.5) is 15.2 Å². The van der Waals surface area contributed by atoms with E-state index in [2.05, 4.69) is 15.6 Å². The van der Waals surface area contributed by atoms with Crippen molar-refractivity contribution in [2.45, 2.75) is 12.8 Å². The third-order valence-corrected chi connectivity index (χ3v) is 4.90. The molecule has 26 heavy (non-hydrogen) atoms. The molecule has 0 fully saturated rings. The van der Waals surface area contributed by atoms with Gasteiger partial charge < -0.3 is 5.32 Å². The van der Waals surface area contributed by atoms with Crippen molar-refractivity contribution in [3.05, 3.63) is 64.8 Å². The summed E-state index contributed by atoms with van der Waals surface area (Å²) in [6.45, 7) is 0. The largest absolute Gasteiger partial charge is 0.326 e. The molecule has 1 aromatic heterocycles. The summed E-state index contributed by atoms with van der Waals surface area (Å²) in [6, 6.07) is 11.5. The fourth-order valence-corrected chi connectivity index (χ4v) is 3.53. The summed E-state index contributed by atoms with van der Waals surface area (Å²) in [5.74, 6) is -1.08. The lowest BCUT2D eigenvalue weighted by Gasteiger charge is -2.17. The first-order valence-electron chi connectivity index (χ1n) is 8.05. The number of halogens is 1. The maximum atomic E-state index is 13.7. The summed E-state index contributed by atoms with van der Waals surface area (Å²) in [4.78, 5) is 28.0. The van der Waals surface area contributed by atoms with Gasteiger partial charge in [0.2, 0.25) is 5.91 Å². The van der Waals surface area contributed by atoms with Crippen LogP contribution in [-0.2, 0) is 11.2 Å². The van der Waals surface area contributed by atoms with Gasteiger partial charge in [0.15, 0.2) is 5.13 Å². The van der Waals surface area contributed by atoms with Gasteiger partial charge >= 0.3 is 0 Å². The van der Waals surface area contributed by atoms with E-state index < -0.39 is 11.7 Å². The van der Waals surface area contributed by atoms with E-state index in [0.29, 0.717) is 18.0 Å². The van der Waals surface area contributed by atoms with Crippen molar-refractivity contribution in [3.8, 4) is 11.3 Å². The maximum Gasteiger partial charge on any atom is 0.260 e. The predicted molar refractivity (Wildman–Crippen MR) is 98.9 cm³/mol. The Bertz CT molecular complexity index is 1020. The van der Waals surface area contributed by atoms with Crippen LogP contribution in [0.15, 0.2) is 47.8 Å². The summed E-state index contributed by atoms with van der Waals surface area (Å²) in [7, 11) is 0. The lowest BCUT2D eigenvalue weighted by molar-refractivity contribution is -0.116. The molecule has 130 valence electrons. The SMILES string of the molecule is O=C1CCc2cc(-c3csc(NC(=O)c4ccccc4F)n3)ccc2N1. The van der Waals surface area contributed by atoms with Crippen LogP contribution in [0.2, 0.25) is 0 Å². The Labute approximate surface area is 152 Å². The fourth-order valence-electron chi connectivity index (χ4n) is 2.82. The number of aryl methyl sites for hydroxylation is 1. The molecule has 7 heteroatoms. The highest BCUT2D eigenvalue weighted by atomic mass is 32.1. The number of hydrogen-bond acceptors (Lipinski definition) is 4. The number of nitrogens with zero attached hydrogens (tertiary/aromatic N) is 1. The minimum absolute atomic E-state index is 0.0197. The molecule has 3 aromatic rings. The molecule has 0 saturated carbocycles. The Morgan fingerprint density at radius 3 is 2.88 bits per heavy atom. The molecule has 0 unspecified atom stereocenters. The molecule has 5 nitrogen and oxygen atoms in total. The second kappa shape index (κ2) is 6.68. The smallest absolute Gasteiger partial charge is 0.260 e. The molecule has 0 atom stereocenters. The molecular weight excluding hydrogens is 353 g/mol. The topological polar surface area (TPSA) is 71.1 Å². The number of fused-ring (bicyclic) bond motifs is 1. The van der Waals surface area contributed by atoms with Gasteiger partial charge in [-0.25, -0.2) is 9.37 Å². The lowest BCUT2D eigenvalue weighted by Crippen LogP contribution is -2.18. The minimum Gasteiger partial charge on any atom is -0.326 e. The van der Waals surface area contributed by atoms with E-state index in [0.717, 1.165) is 22.5 Å². The van der Waals surface area contributed by atoms with Crippen molar-refractivity contribution in [1.29, 1.82) is 0 Å². The quantitative estimate of drug-likeness (QED) is 0.733. The lowest BCUT2D eigenvalue weighted by atomic mass is 9.99. The normalized spacial score (nSPS) is 13.0. The Morgan fingerprint density at radius 2 is 2.04 bits per heavy atom. The number of nitrogens with one attached hydrogen (secondary N) is 2. The molecule has 0 spiro atoms. The summed E-state index contributed by atoms with van der Waals surface area (Å²) < 4.78 is 13.7. The molecule has 1 aliphatic heterocycles.